The van der Waals surface area contributed by atoms with Crippen LogP contribution in [-0.4, -0.2) is 39.3 Å². The van der Waals surface area contributed by atoms with Gasteiger partial charge in [0.05, 0.1) is 12.8 Å². The minimum Gasteiger partial charge on any atom is -0.370 e. The van der Waals surface area contributed by atoms with Crippen molar-refractivity contribution in [3.8, 4) is 0 Å². The van der Waals surface area contributed by atoms with Gasteiger partial charge in [-0.15, -0.1) is 24.0 Å². The lowest BCUT2D eigenvalue weighted by Crippen LogP contribution is -2.46. The highest BCUT2D eigenvalue weighted by Crippen LogP contribution is 2.24. The monoisotopic (exact) mass is 404 g/mol. The second-order valence-corrected chi connectivity index (χ2v) is 7.39. The molecule has 1 aliphatic rings. The molecule has 0 heterocycles. The summed E-state index contributed by atoms with van der Waals surface area (Å²) < 4.78 is 24.8. The molecule has 0 atom stereocenters. The zero-order valence-corrected chi connectivity index (χ0v) is 14.9. The molecular formula is C11H25IN4O2S. The molecule has 0 saturated heterocycles. The number of hydrogen-bond donors (Lipinski definition) is 3. The number of guanidine groups is 1. The summed E-state index contributed by atoms with van der Waals surface area (Å²) in [5, 5.41) is 3.07. The van der Waals surface area contributed by atoms with Crippen molar-refractivity contribution in [1.82, 2.24) is 10.0 Å². The van der Waals surface area contributed by atoms with Crippen LogP contribution in [0.25, 0.3) is 0 Å². The second kappa shape index (κ2) is 7.63. The third-order valence-corrected chi connectivity index (χ3v) is 3.83. The first-order valence-corrected chi connectivity index (χ1v) is 8.10. The molecule has 0 aliphatic heterocycles. The molecule has 1 aliphatic carbocycles. The Balaban J connectivity index is 0.00000324. The summed E-state index contributed by atoms with van der Waals surface area (Å²) in [6.45, 7) is 4.71. The van der Waals surface area contributed by atoms with Crippen LogP contribution in [-0.2, 0) is 10.0 Å². The third-order valence-electron chi connectivity index (χ3n) is 2.90. The van der Waals surface area contributed by atoms with Gasteiger partial charge in [0.1, 0.15) is 0 Å². The SMILES string of the molecule is CC(C)(CN=C(N)NCC1CCC1)NS(C)(=O)=O.I. The van der Waals surface area contributed by atoms with E-state index in [0.717, 1.165) is 12.8 Å². The van der Waals surface area contributed by atoms with E-state index in [9.17, 15) is 8.42 Å². The maximum atomic E-state index is 11.1. The molecule has 114 valence electrons. The normalized spacial score (nSPS) is 17.5. The maximum Gasteiger partial charge on any atom is 0.209 e. The minimum absolute atomic E-state index is 0. The molecule has 1 fully saturated rings. The lowest BCUT2D eigenvalue weighted by atomic mass is 9.85. The zero-order valence-electron chi connectivity index (χ0n) is 11.8. The summed E-state index contributed by atoms with van der Waals surface area (Å²) in [5.74, 6) is 1.09. The van der Waals surface area contributed by atoms with Gasteiger partial charge in [-0.2, -0.15) is 0 Å². The quantitative estimate of drug-likeness (QED) is 0.344. The fraction of sp³-hybridized carbons (Fsp3) is 0.909. The molecule has 1 saturated carbocycles. The summed E-state index contributed by atoms with van der Waals surface area (Å²) in [6, 6.07) is 0. The fourth-order valence-electron chi connectivity index (χ4n) is 1.82. The van der Waals surface area contributed by atoms with Gasteiger partial charge in [0, 0.05) is 12.1 Å². The Bertz CT molecular complexity index is 405. The van der Waals surface area contributed by atoms with Gasteiger partial charge in [-0.1, -0.05) is 6.42 Å². The predicted octanol–water partition coefficient (Wildman–Crippen LogP) is 0.637. The first-order chi connectivity index (χ1) is 8.18. The Hall–Kier alpha value is -0.0900. The molecule has 6 nitrogen and oxygen atoms in total. The van der Waals surface area contributed by atoms with E-state index in [4.69, 9.17) is 5.73 Å². The summed E-state index contributed by atoms with van der Waals surface area (Å²) in [5.41, 5.74) is 5.10. The van der Waals surface area contributed by atoms with E-state index < -0.39 is 15.6 Å². The highest BCUT2D eigenvalue weighted by atomic mass is 127. The molecule has 0 aromatic rings. The summed E-state index contributed by atoms with van der Waals surface area (Å²) >= 11 is 0. The van der Waals surface area contributed by atoms with E-state index in [0.29, 0.717) is 18.4 Å². The number of rotatable bonds is 6. The molecule has 4 N–H and O–H groups in total. The van der Waals surface area contributed by atoms with Crippen LogP contribution in [0.2, 0.25) is 0 Å². The van der Waals surface area contributed by atoms with Gasteiger partial charge >= 0.3 is 0 Å². The van der Waals surface area contributed by atoms with Crippen LogP contribution in [0.5, 0.6) is 0 Å². The average molecular weight is 404 g/mol. The van der Waals surface area contributed by atoms with E-state index in [2.05, 4.69) is 15.0 Å². The fourth-order valence-corrected chi connectivity index (χ4v) is 2.89. The standard InChI is InChI=1S/C11H24N4O2S.HI/c1-11(2,15-18(3,16)17)8-14-10(12)13-7-9-5-4-6-9;/h9,15H,4-8H2,1-3H3,(H3,12,13,14);1H. The predicted molar refractivity (Wildman–Crippen MR) is 89.3 cm³/mol. The third kappa shape index (κ3) is 8.64. The first kappa shape index (κ1) is 18.9. The highest BCUT2D eigenvalue weighted by molar-refractivity contribution is 14.0. The number of nitrogens with zero attached hydrogens (tertiary/aromatic N) is 1. The largest absolute Gasteiger partial charge is 0.370 e. The number of nitrogens with one attached hydrogen (secondary N) is 2. The van der Waals surface area contributed by atoms with Crippen molar-refractivity contribution in [1.29, 1.82) is 0 Å². The van der Waals surface area contributed by atoms with E-state index in [-0.39, 0.29) is 24.0 Å². The van der Waals surface area contributed by atoms with Crippen LogP contribution in [0.15, 0.2) is 4.99 Å². The summed E-state index contributed by atoms with van der Waals surface area (Å²) in [4.78, 5) is 4.17. The Labute approximate surface area is 133 Å². The van der Waals surface area contributed by atoms with Crippen molar-refractivity contribution >= 4 is 40.0 Å². The Kier molecular flexibility index (Phi) is 7.59. The van der Waals surface area contributed by atoms with Crippen molar-refractivity contribution in [3.63, 3.8) is 0 Å². The Morgan fingerprint density at radius 3 is 2.42 bits per heavy atom. The number of sulfonamides is 1. The lowest BCUT2D eigenvalue weighted by molar-refractivity contribution is 0.315. The molecule has 0 amide bonds. The maximum absolute atomic E-state index is 11.1. The smallest absolute Gasteiger partial charge is 0.209 e. The van der Waals surface area contributed by atoms with E-state index in [1.165, 1.54) is 19.3 Å². The summed E-state index contributed by atoms with van der Waals surface area (Å²) in [7, 11) is -3.23. The molecule has 1 rings (SSSR count). The molecule has 0 spiro atoms. The number of aliphatic imine (C=N–C) groups is 1. The Morgan fingerprint density at radius 1 is 1.42 bits per heavy atom. The Morgan fingerprint density at radius 2 is 2.00 bits per heavy atom. The van der Waals surface area contributed by atoms with Gasteiger partial charge in [-0.05, 0) is 32.6 Å². The van der Waals surface area contributed by atoms with E-state index in [1.54, 1.807) is 13.8 Å². The van der Waals surface area contributed by atoms with Crippen LogP contribution < -0.4 is 15.8 Å². The van der Waals surface area contributed by atoms with Gasteiger partial charge in [0.2, 0.25) is 10.0 Å². The molecule has 0 bridgehead atoms. The van der Waals surface area contributed by atoms with Crippen LogP contribution >= 0.6 is 24.0 Å². The van der Waals surface area contributed by atoms with Crippen molar-refractivity contribution in [2.24, 2.45) is 16.6 Å². The molecule has 0 aromatic heterocycles. The molecule has 19 heavy (non-hydrogen) atoms. The van der Waals surface area contributed by atoms with Crippen molar-refractivity contribution in [3.05, 3.63) is 0 Å². The topological polar surface area (TPSA) is 96.6 Å². The van der Waals surface area contributed by atoms with Crippen LogP contribution in [0.4, 0.5) is 0 Å². The molecule has 0 radical (unpaired) electrons. The molecule has 0 aromatic carbocycles. The van der Waals surface area contributed by atoms with E-state index in [1.807, 2.05) is 0 Å². The lowest BCUT2D eigenvalue weighted by Gasteiger charge is -2.26. The molecule has 0 unspecified atom stereocenters. The van der Waals surface area contributed by atoms with Crippen LogP contribution in [0, 0.1) is 5.92 Å². The first-order valence-electron chi connectivity index (χ1n) is 6.21. The summed E-state index contributed by atoms with van der Waals surface area (Å²) in [6.07, 6.45) is 4.94. The van der Waals surface area contributed by atoms with Crippen LogP contribution in [0.1, 0.15) is 33.1 Å². The molecular weight excluding hydrogens is 379 g/mol. The van der Waals surface area contributed by atoms with Crippen molar-refractivity contribution in [2.45, 2.75) is 38.6 Å². The number of nitrogens with two attached hydrogens (primary N) is 1. The van der Waals surface area contributed by atoms with Crippen LogP contribution in [0.3, 0.4) is 0 Å². The van der Waals surface area contributed by atoms with Gasteiger partial charge in [-0.25, -0.2) is 13.1 Å². The van der Waals surface area contributed by atoms with Crippen molar-refractivity contribution in [2.75, 3.05) is 19.3 Å². The number of hydrogen-bond acceptors (Lipinski definition) is 3. The average Bonchev–Trinajstić information content (AvgIpc) is 2.08. The van der Waals surface area contributed by atoms with Gasteiger partial charge in [0.15, 0.2) is 5.96 Å². The van der Waals surface area contributed by atoms with Crippen molar-refractivity contribution < 1.29 is 8.42 Å². The molecule has 8 heteroatoms. The minimum atomic E-state index is -3.23. The zero-order chi connectivity index (χ0) is 13.8. The second-order valence-electron chi connectivity index (χ2n) is 5.64. The van der Waals surface area contributed by atoms with Gasteiger partial charge in [0.25, 0.3) is 0 Å². The van der Waals surface area contributed by atoms with E-state index >= 15 is 0 Å². The highest BCUT2D eigenvalue weighted by Gasteiger charge is 2.22. The number of halogens is 1. The van der Waals surface area contributed by atoms with Gasteiger partial charge in [-0.3, -0.25) is 4.99 Å². The van der Waals surface area contributed by atoms with Gasteiger partial charge < -0.3 is 11.1 Å².